The number of carbonyl (C=O) groups excluding carboxylic acids is 2. The average molecular weight is 586 g/mol. The molecule has 5 rings (SSSR count). The first-order valence-electron chi connectivity index (χ1n) is 12.2. The van der Waals surface area contributed by atoms with Crippen molar-refractivity contribution in [3.8, 4) is 16.3 Å². The van der Waals surface area contributed by atoms with Crippen molar-refractivity contribution in [1.29, 1.82) is 0 Å². The lowest BCUT2D eigenvalue weighted by atomic mass is 10.0. The van der Waals surface area contributed by atoms with Gasteiger partial charge in [-0.1, -0.05) is 67.4 Å². The van der Waals surface area contributed by atoms with Crippen LogP contribution in [0.4, 0.5) is 5.82 Å². The zero-order chi connectivity index (χ0) is 26.8. The number of aromatic nitrogens is 2. The molecule has 1 aliphatic rings. The molecule has 1 N–H and O–H groups in total. The highest BCUT2D eigenvalue weighted by Gasteiger charge is 2.38. The normalized spacial score (nSPS) is 15.4. The summed E-state index contributed by atoms with van der Waals surface area (Å²) in [5.74, 6) is 0.619. The minimum Gasteiger partial charge on any atom is -0.354 e. The molecule has 2 amide bonds. The molecule has 10 heteroatoms. The summed E-state index contributed by atoms with van der Waals surface area (Å²) in [5.41, 5.74) is 3.18. The molecule has 4 aromatic rings. The Hall–Kier alpha value is -2.78. The van der Waals surface area contributed by atoms with Gasteiger partial charge in [0.15, 0.2) is 0 Å². The van der Waals surface area contributed by atoms with Crippen molar-refractivity contribution in [2.45, 2.75) is 19.1 Å². The Kier molecular flexibility index (Phi) is 8.14. The zero-order valence-electron chi connectivity index (χ0n) is 20.9. The summed E-state index contributed by atoms with van der Waals surface area (Å²) in [6, 6.07) is 19.0. The lowest BCUT2D eigenvalue weighted by Gasteiger charge is -2.23. The van der Waals surface area contributed by atoms with E-state index >= 15 is 0 Å². The van der Waals surface area contributed by atoms with Crippen molar-refractivity contribution in [2.75, 3.05) is 23.7 Å². The lowest BCUT2D eigenvalue weighted by molar-refractivity contribution is -0.123. The first-order valence-corrected chi connectivity index (χ1v) is 14.9. The minimum absolute atomic E-state index is 0.124. The first-order chi connectivity index (χ1) is 18.3. The summed E-state index contributed by atoms with van der Waals surface area (Å²) >= 11 is 16.1. The molecule has 38 heavy (non-hydrogen) atoms. The number of hydrogen-bond donors (Lipinski definition) is 1. The van der Waals surface area contributed by atoms with Gasteiger partial charge < -0.3 is 5.32 Å². The topological polar surface area (TPSA) is 67.2 Å². The van der Waals surface area contributed by atoms with Crippen molar-refractivity contribution < 1.29 is 9.59 Å². The molecule has 0 spiro atoms. The van der Waals surface area contributed by atoms with E-state index in [4.69, 9.17) is 28.3 Å². The number of amides is 2. The van der Waals surface area contributed by atoms with Crippen LogP contribution in [0.3, 0.4) is 0 Å². The van der Waals surface area contributed by atoms with E-state index in [0.717, 1.165) is 21.7 Å². The molecule has 0 unspecified atom stereocenters. The molecule has 0 saturated heterocycles. The van der Waals surface area contributed by atoms with Crippen molar-refractivity contribution in [2.24, 2.45) is 5.92 Å². The number of nitrogens with zero attached hydrogens (tertiary/aromatic N) is 3. The molecule has 6 nitrogen and oxygen atoms in total. The molecule has 0 radical (unpaired) electrons. The monoisotopic (exact) mass is 584 g/mol. The van der Waals surface area contributed by atoms with Crippen LogP contribution in [0, 0.1) is 5.92 Å². The number of anilines is 1. The van der Waals surface area contributed by atoms with E-state index in [1.165, 1.54) is 11.8 Å². The van der Waals surface area contributed by atoms with Gasteiger partial charge in [0, 0.05) is 17.1 Å². The number of nitrogens with one attached hydrogen (secondary N) is 1. The van der Waals surface area contributed by atoms with E-state index in [0.29, 0.717) is 28.1 Å². The van der Waals surface area contributed by atoms with Crippen LogP contribution in [0.15, 0.2) is 66.0 Å². The number of hydrogen-bond acceptors (Lipinski definition) is 5. The third kappa shape index (κ3) is 5.50. The van der Waals surface area contributed by atoms with Gasteiger partial charge in [-0.15, -0.1) is 23.1 Å². The Bertz CT molecular complexity index is 1470. The van der Waals surface area contributed by atoms with Gasteiger partial charge in [-0.25, -0.2) is 4.68 Å². The van der Waals surface area contributed by atoms with E-state index in [1.807, 2.05) is 73.8 Å². The molecule has 196 valence electrons. The predicted octanol–water partition coefficient (Wildman–Crippen LogP) is 6.85. The van der Waals surface area contributed by atoms with Crippen LogP contribution >= 0.6 is 46.3 Å². The second kappa shape index (κ2) is 11.5. The van der Waals surface area contributed by atoms with Gasteiger partial charge in [0.2, 0.25) is 11.8 Å². The van der Waals surface area contributed by atoms with Crippen LogP contribution in [0.5, 0.6) is 0 Å². The fourth-order valence-electron chi connectivity index (χ4n) is 4.36. The fourth-order valence-corrected chi connectivity index (χ4v) is 6.68. The van der Waals surface area contributed by atoms with Gasteiger partial charge in [0.25, 0.3) is 0 Å². The summed E-state index contributed by atoms with van der Waals surface area (Å²) in [6.45, 7) is 4.46. The minimum atomic E-state index is -0.246. The zero-order valence-corrected chi connectivity index (χ0v) is 24.0. The fraction of sp³-hybridized carbons (Fsp3) is 0.250. The van der Waals surface area contributed by atoms with Crippen LogP contribution in [0.25, 0.3) is 16.3 Å². The largest absolute Gasteiger partial charge is 0.354 e. The van der Waals surface area contributed by atoms with Gasteiger partial charge in [0.1, 0.15) is 18.1 Å². The molecule has 1 aliphatic heterocycles. The number of para-hydroxylation sites is 1. The van der Waals surface area contributed by atoms with Gasteiger partial charge in [-0.05, 0) is 47.2 Å². The van der Waals surface area contributed by atoms with Crippen LogP contribution < -0.4 is 10.2 Å². The molecule has 0 aliphatic carbocycles. The predicted molar refractivity (Wildman–Crippen MR) is 158 cm³/mol. The maximum atomic E-state index is 13.7. The summed E-state index contributed by atoms with van der Waals surface area (Å²) in [6.07, 6.45) is 0. The van der Waals surface area contributed by atoms with Crippen molar-refractivity contribution in [1.82, 2.24) is 15.1 Å². The smallest absolute Gasteiger partial charge is 0.240 e. The molecular weight excluding hydrogens is 559 g/mol. The molecule has 1 atom stereocenters. The highest BCUT2D eigenvalue weighted by molar-refractivity contribution is 8.00. The van der Waals surface area contributed by atoms with Crippen LogP contribution in [-0.4, -0.2) is 40.4 Å². The molecule has 2 aromatic heterocycles. The average Bonchev–Trinajstić information content (AvgIpc) is 3.52. The highest BCUT2D eigenvalue weighted by Crippen LogP contribution is 2.49. The van der Waals surface area contributed by atoms with E-state index in [2.05, 4.69) is 5.32 Å². The number of benzene rings is 2. The Morgan fingerprint density at radius 3 is 2.66 bits per heavy atom. The van der Waals surface area contributed by atoms with Gasteiger partial charge >= 0.3 is 0 Å². The molecule has 0 saturated carbocycles. The molecule has 0 fully saturated rings. The second-order valence-corrected chi connectivity index (χ2v) is 12.2. The van der Waals surface area contributed by atoms with E-state index in [-0.39, 0.29) is 35.3 Å². The lowest BCUT2D eigenvalue weighted by Crippen LogP contribution is -2.43. The Morgan fingerprint density at radius 2 is 1.95 bits per heavy atom. The highest BCUT2D eigenvalue weighted by atomic mass is 35.5. The molecule has 2 aromatic carbocycles. The van der Waals surface area contributed by atoms with Crippen molar-refractivity contribution in [3.63, 3.8) is 0 Å². The van der Waals surface area contributed by atoms with Gasteiger partial charge in [-0.3, -0.25) is 14.5 Å². The van der Waals surface area contributed by atoms with Crippen LogP contribution in [-0.2, 0) is 9.59 Å². The number of carbonyl (C=O) groups is 2. The maximum absolute atomic E-state index is 13.7. The summed E-state index contributed by atoms with van der Waals surface area (Å²) in [5, 5.41) is 10.8. The third-order valence-electron chi connectivity index (χ3n) is 6.08. The summed E-state index contributed by atoms with van der Waals surface area (Å²) < 4.78 is 1.71. The van der Waals surface area contributed by atoms with Crippen molar-refractivity contribution in [3.05, 3.63) is 87.2 Å². The number of thioether (sulfide) groups is 1. The van der Waals surface area contributed by atoms with E-state index in [1.54, 1.807) is 27.0 Å². The van der Waals surface area contributed by atoms with E-state index < -0.39 is 0 Å². The van der Waals surface area contributed by atoms with Crippen LogP contribution in [0.1, 0.15) is 30.2 Å². The number of halogens is 2. The third-order valence-corrected chi connectivity index (χ3v) is 8.77. The van der Waals surface area contributed by atoms with Crippen LogP contribution in [0.2, 0.25) is 10.0 Å². The van der Waals surface area contributed by atoms with Gasteiger partial charge in [0.05, 0.1) is 26.6 Å². The molecule has 0 bridgehead atoms. The number of fused-ring (bicyclic) bond motifs is 1. The van der Waals surface area contributed by atoms with Gasteiger partial charge in [-0.2, -0.15) is 5.10 Å². The standard InChI is InChI=1S/C28H26Cl2N4O2S2/c1-17(2)14-31-23(35)15-33-24(36)16-38-27(18-7-5-8-19(29)13-18)25-26(22-11-6-12-37-22)32-34(28(25)33)21-10-4-3-9-20(21)30/h3-13,17,27H,14-16H2,1-2H3,(H,31,35)/t27-/m0/s1. The van der Waals surface area contributed by atoms with Crippen molar-refractivity contribution >= 4 is 63.9 Å². The first kappa shape index (κ1) is 26.8. The van der Waals surface area contributed by atoms with E-state index in [9.17, 15) is 9.59 Å². The molecule has 3 heterocycles. The Morgan fingerprint density at radius 1 is 1.13 bits per heavy atom. The number of rotatable bonds is 7. The quantitative estimate of drug-likeness (QED) is 0.258. The summed E-state index contributed by atoms with van der Waals surface area (Å²) in [7, 11) is 0. The second-order valence-electron chi connectivity index (χ2n) is 9.35. The maximum Gasteiger partial charge on any atom is 0.240 e. The Labute approximate surface area is 239 Å². The number of thiophene rings is 1. The summed E-state index contributed by atoms with van der Waals surface area (Å²) in [4.78, 5) is 29.2. The SMILES string of the molecule is CC(C)CNC(=O)CN1C(=O)CS[C@@H](c2cccc(Cl)c2)c2c(-c3cccs3)nn(-c3ccccc3Cl)c21. The Balaban J connectivity index is 1.76. The molecular formula is C28H26Cl2N4O2S2.